The molecule has 1 N–H and O–H groups in total. The molecule has 0 saturated carbocycles. The first-order valence-corrected chi connectivity index (χ1v) is 11.4. The van der Waals surface area contributed by atoms with E-state index in [9.17, 15) is 14.0 Å². The monoisotopic (exact) mass is 481 g/mol. The predicted molar refractivity (Wildman–Crippen MR) is 130 cm³/mol. The maximum absolute atomic E-state index is 14.3. The van der Waals surface area contributed by atoms with Crippen molar-refractivity contribution in [2.75, 3.05) is 6.54 Å². The maximum Gasteiger partial charge on any atom is 0.303 e. The minimum atomic E-state index is -0.917. The van der Waals surface area contributed by atoms with E-state index in [4.69, 9.17) is 17.3 Å². The lowest BCUT2D eigenvalue weighted by molar-refractivity contribution is -0.137. The van der Waals surface area contributed by atoms with Crippen LogP contribution in [0.4, 0.5) is 4.39 Å². The molecule has 1 aliphatic rings. The van der Waals surface area contributed by atoms with Gasteiger partial charge in [-0.15, -0.1) is 0 Å². The van der Waals surface area contributed by atoms with Crippen LogP contribution < -0.4 is 0 Å². The molecule has 0 aliphatic carbocycles. The van der Waals surface area contributed by atoms with Gasteiger partial charge in [0.05, 0.1) is 10.6 Å². The summed E-state index contributed by atoms with van der Waals surface area (Å²) in [7, 11) is 0. The van der Waals surface area contributed by atoms with Crippen LogP contribution in [-0.2, 0) is 9.59 Å². The van der Waals surface area contributed by atoms with Crippen LogP contribution in [0.2, 0.25) is 0 Å². The van der Waals surface area contributed by atoms with Crippen LogP contribution in [0.15, 0.2) is 59.6 Å². The third-order valence-corrected chi connectivity index (χ3v) is 6.52. The first-order valence-electron chi connectivity index (χ1n) is 10.2. The molecule has 0 radical (unpaired) electrons. The van der Waals surface area contributed by atoms with Gasteiger partial charge in [-0.3, -0.25) is 14.5 Å². The van der Waals surface area contributed by atoms with E-state index in [1.54, 1.807) is 36.0 Å². The van der Waals surface area contributed by atoms with Gasteiger partial charge >= 0.3 is 5.97 Å². The molecule has 168 valence electrons. The molecule has 6 nitrogen and oxygen atoms in total. The number of rotatable bonds is 7. The van der Waals surface area contributed by atoms with Gasteiger partial charge in [0.15, 0.2) is 0 Å². The minimum absolute atomic E-state index is 0.0386. The van der Waals surface area contributed by atoms with Gasteiger partial charge in [0.25, 0.3) is 5.91 Å². The normalized spacial score (nSPS) is 15.0. The number of carboxylic acids is 1. The fraction of sp³-hybridized carbons (Fsp3) is 0.167. The second-order valence-electron chi connectivity index (χ2n) is 7.51. The molecule has 1 aromatic heterocycles. The first-order chi connectivity index (χ1) is 15.8. The third-order valence-electron chi connectivity index (χ3n) is 5.14. The SMILES string of the molecule is Cc1ccc(-c2nn(-c3ccccc3)cc2C=C2SC(=S)N(CCCC(=O)O)C2=O)cc1F. The second-order valence-corrected chi connectivity index (χ2v) is 9.18. The van der Waals surface area contributed by atoms with Crippen LogP contribution in [0.1, 0.15) is 24.0 Å². The van der Waals surface area contributed by atoms with Crippen molar-refractivity contribution in [1.29, 1.82) is 0 Å². The molecule has 0 bridgehead atoms. The summed E-state index contributed by atoms with van der Waals surface area (Å²) in [5.74, 6) is -1.53. The number of hydrogen-bond acceptors (Lipinski definition) is 5. The van der Waals surface area contributed by atoms with Gasteiger partial charge in [0.1, 0.15) is 15.8 Å². The fourth-order valence-corrected chi connectivity index (χ4v) is 4.69. The molecule has 1 amide bonds. The molecule has 0 spiro atoms. The Labute approximate surface area is 199 Å². The Morgan fingerprint density at radius 3 is 2.70 bits per heavy atom. The minimum Gasteiger partial charge on any atom is -0.481 e. The van der Waals surface area contributed by atoms with E-state index in [0.717, 1.165) is 17.4 Å². The van der Waals surface area contributed by atoms with E-state index in [2.05, 4.69) is 5.10 Å². The van der Waals surface area contributed by atoms with Crippen LogP contribution in [0.3, 0.4) is 0 Å². The lowest BCUT2D eigenvalue weighted by Gasteiger charge is -2.13. The summed E-state index contributed by atoms with van der Waals surface area (Å²) < 4.78 is 16.4. The first kappa shape index (κ1) is 22.9. The summed E-state index contributed by atoms with van der Waals surface area (Å²) in [5, 5.41) is 13.5. The second kappa shape index (κ2) is 9.68. The average Bonchev–Trinajstić information content (AvgIpc) is 3.32. The van der Waals surface area contributed by atoms with Gasteiger partial charge in [0.2, 0.25) is 0 Å². The largest absolute Gasteiger partial charge is 0.481 e. The van der Waals surface area contributed by atoms with Crippen molar-refractivity contribution >= 4 is 46.3 Å². The van der Waals surface area contributed by atoms with Crippen molar-refractivity contribution < 1.29 is 19.1 Å². The molecule has 2 aromatic carbocycles. The number of aliphatic carboxylic acids is 1. The van der Waals surface area contributed by atoms with Gasteiger partial charge in [-0.25, -0.2) is 9.07 Å². The van der Waals surface area contributed by atoms with Crippen LogP contribution >= 0.6 is 24.0 Å². The molecule has 0 unspecified atom stereocenters. The van der Waals surface area contributed by atoms with Crippen molar-refractivity contribution in [3.63, 3.8) is 0 Å². The predicted octanol–water partition coefficient (Wildman–Crippen LogP) is 5.05. The Hall–Kier alpha value is -3.30. The molecule has 1 saturated heterocycles. The number of carbonyl (C=O) groups excluding carboxylic acids is 1. The van der Waals surface area contributed by atoms with Crippen LogP contribution in [0.25, 0.3) is 23.0 Å². The Balaban J connectivity index is 1.72. The lowest BCUT2D eigenvalue weighted by Crippen LogP contribution is -2.29. The van der Waals surface area contributed by atoms with Crippen molar-refractivity contribution in [2.24, 2.45) is 0 Å². The molecule has 9 heteroatoms. The Morgan fingerprint density at radius 1 is 1.24 bits per heavy atom. The molecule has 4 rings (SSSR count). The highest BCUT2D eigenvalue weighted by Crippen LogP contribution is 2.35. The van der Waals surface area contributed by atoms with Crippen molar-refractivity contribution in [1.82, 2.24) is 14.7 Å². The number of benzene rings is 2. The van der Waals surface area contributed by atoms with Gasteiger partial charge in [0, 0.05) is 30.3 Å². The Bertz CT molecular complexity index is 1270. The topological polar surface area (TPSA) is 75.4 Å². The maximum atomic E-state index is 14.3. The van der Waals surface area contributed by atoms with E-state index in [-0.39, 0.29) is 24.7 Å². The molecule has 3 aromatic rings. The number of halogens is 1. The number of thioether (sulfide) groups is 1. The summed E-state index contributed by atoms with van der Waals surface area (Å²) in [4.78, 5) is 25.6. The summed E-state index contributed by atoms with van der Waals surface area (Å²) in [6.07, 6.45) is 3.77. The number of para-hydroxylation sites is 1. The molecule has 1 aliphatic heterocycles. The zero-order valence-electron chi connectivity index (χ0n) is 17.7. The molecular weight excluding hydrogens is 461 g/mol. The van der Waals surface area contributed by atoms with E-state index in [0.29, 0.717) is 38.0 Å². The van der Waals surface area contributed by atoms with Gasteiger partial charge in [-0.05, 0) is 43.2 Å². The summed E-state index contributed by atoms with van der Waals surface area (Å²) in [5.41, 5.74) is 3.13. The fourth-order valence-electron chi connectivity index (χ4n) is 3.39. The highest BCUT2D eigenvalue weighted by atomic mass is 32.2. The molecule has 0 atom stereocenters. The van der Waals surface area contributed by atoms with Crippen molar-refractivity contribution in [2.45, 2.75) is 19.8 Å². The summed E-state index contributed by atoms with van der Waals surface area (Å²) >= 11 is 6.50. The third kappa shape index (κ3) is 5.04. The number of nitrogens with zero attached hydrogens (tertiary/aromatic N) is 3. The highest BCUT2D eigenvalue weighted by molar-refractivity contribution is 8.26. The van der Waals surface area contributed by atoms with Gasteiger partial charge < -0.3 is 5.11 Å². The smallest absolute Gasteiger partial charge is 0.303 e. The van der Waals surface area contributed by atoms with Crippen LogP contribution in [0.5, 0.6) is 0 Å². The van der Waals surface area contributed by atoms with Crippen molar-refractivity contribution in [3.8, 4) is 16.9 Å². The number of aromatic nitrogens is 2. The molecule has 2 heterocycles. The van der Waals surface area contributed by atoms with Gasteiger partial charge in [-0.1, -0.05) is 54.3 Å². The molecule has 1 fully saturated rings. The average molecular weight is 482 g/mol. The number of aryl methyl sites for hydroxylation is 1. The Kier molecular flexibility index (Phi) is 6.71. The van der Waals surface area contributed by atoms with E-state index >= 15 is 0 Å². The van der Waals surface area contributed by atoms with Crippen molar-refractivity contribution in [3.05, 3.63) is 76.6 Å². The number of hydrogen-bond donors (Lipinski definition) is 1. The van der Waals surface area contributed by atoms with E-state index < -0.39 is 5.97 Å². The van der Waals surface area contributed by atoms with Gasteiger partial charge in [-0.2, -0.15) is 5.10 Å². The lowest BCUT2D eigenvalue weighted by atomic mass is 10.1. The zero-order valence-corrected chi connectivity index (χ0v) is 19.3. The summed E-state index contributed by atoms with van der Waals surface area (Å²) in [6.45, 7) is 1.94. The Morgan fingerprint density at radius 2 is 2.00 bits per heavy atom. The number of thiocarbonyl (C=S) groups is 1. The standard InChI is InChI=1S/C24H20FN3O3S2/c1-15-9-10-16(12-19(15)25)22-17(14-28(26-22)18-6-3-2-4-7-18)13-20-23(31)27(24(32)33-20)11-5-8-21(29)30/h2-4,6-7,9-10,12-14H,5,8,11H2,1H3,(H,29,30). The molecule has 33 heavy (non-hydrogen) atoms. The van der Waals surface area contributed by atoms with Crippen LogP contribution in [-0.4, -0.2) is 42.5 Å². The number of carbonyl (C=O) groups is 2. The number of carboxylic acid groups (broad SMARTS) is 1. The van der Waals surface area contributed by atoms with E-state index in [1.165, 1.54) is 11.0 Å². The van der Waals surface area contributed by atoms with E-state index in [1.807, 2.05) is 30.3 Å². The quantitative estimate of drug-likeness (QED) is 0.376. The summed E-state index contributed by atoms with van der Waals surface area (Å²) in [6, 6.07) is 14.4. The molecular formula is C24H20FN3O3S2. The number of amides is 1. The highest BCUT2D eigenvalue weighted by Gasteiger charge is 2.32. The zero-order chi connectivity index (χ0) is 23.5. The van der Waals surface area contributed by atoms with Crippen LogP contribution in [0, 0.1) is 12.7 Å².